The summed E-state index contributed by atoms with van der Waals surface area (Å²) in [5.41, 5.74) is 0.690. The van der Waals surface area contributed by atoms with Crippen molar-refractivity contribution in [3.63, 3.8) is 0 Å². The number of aliphatic carboxylic acids is 1. The lowest BCUT2D eigenvalue weighted by Gasteiger charge is -2.32. The third-order valence-electron chi connectivity index (χ3n) is 4.33. The predicted molar refractivity (Wildman–Crippen MR) is 79.7 cm³/mol. The van der Waals surface area contributed by atoms with E-state index in [1.165, 1.54) is 0 Å². The topological polar surface area (TPSA) is 68.1 Å². The number of aliphatic imine (C=N–C) groups is 1. The van der Waals surface area contributed by atoms with Gasteiger partial charge in [0.2, 0.25) is 0 Å². The Morgan fingerprint density at radius 1 is 1.14 bits per heavy atom. The van der Waals surface area contributed by atoms with Gasteiger partial charge in [-0.25, -0.2) is 9.79 Å². The number of carbonyl (C=O) groups is 1. The summed E-state index contributed by atoms with van der Waals surface area (Å²) in [6, 6.07) is 0. The Morgan fingerprint density at radius 3 is 2.33 bits per heavy atom. The number of fused-ring (bicyclic) bond motifs is 1. The highest BCUT2D eigenvalue weighted by Crippen LogP contribution is 2.40. The maximum atomic E-state index is 11.0. The molecule has 1 saturated heterocycles. The first-order valence-corrected chi connectivity index (χ1v) is 6.86. The van der Waals surface area contributed by atoms with E-state index in [-0.39, 0.29) is 5.70 Å². The summed E-state index contributed by atoms with van der Waals surface area (Å²) < 4.78 is 12.0. The van der Waals surface area contributed by atoms with Crippen LogP contribution in [0.3, 0.4) is 0 Å². The van der Waals surface area contributed by atoms with Gasteiger partial charge in [0.05, 0.1) is 22.7 Å². The van der Waals surface area contributed by atoms with Gasteiger partial charge in [-0.15, -0.1) is 0 Å². The van der Waals surface area contributed by atoms with Crippen LogP contribution in [0.4, 0.5) is 0 Å². The molecule has 2 heterocycles. The average Bonchev–Trinajstić information content (AvgIpc) is 2.88. The number of rotatable bonds is 2. The maximum absolute atomic E-state index is 11.0. The fraction of sp³-hybridized carbons (Fsp3) is 0.400. The minimum atomic E-state index is -1.02. The quantitative estimate of drug-likeness (QED) is 0.789. The van der Waals surface area contributed by atoms with Crippen molar-refractivity contribution in [1.29, 1.82) is 0 Å². The predicted octanol–water partition coefficient (Wildman–Crippen LogP) is 2.11. The van der Waals surface area contributed by atoms with Crippen LogP contribution in [0.2, 0.25) is 0 Å². The third kappa shape index (κ3) is 2.28. The summed E-state index contributed by atoms with van der Waals surface area (Å²) in [4.78, 5) is 15.0. The van der Waals surface area contributed by atoms with Gasteiger partial charge in [-0.1, -0.05) is 12.2 Å². The van der Waals surface area contributed by atoms with E-state index >= 15 is 0 Å². The minimum absolute atomic E-state index is 0.0519. The highest BCUT2D eigenvalue weighted by atomic mass is 16.7. The van der Waals surface area contributed by atoms with Gasteiger partial charge in [0, 0.05) is 0 Å². The van der Waals surface area contributed by atoms with Crippen LogP contribution in [0.1, 0.15) is 27.7 Å². The van der Waals surface area contributed by atoms with Gasteiger partial charge in [-0.05, 0) is 45.4 Å². The molecular weight excluding hydrogens is 269 g/mol. The van der Waals surface area contributed by atoms with Crippen molar-refractivity contribution in [1.82, 2.24) is 0 Å². The van der Waals surface area contributed by atoms with E-state index in [2.05, 4.69) is 4.99 Å². The summed E-state index contributed by atoms with van der Waals surface area (Å²) in [5, 5.41) is 8.99. The second-order valence-electron chi connectivity index (χ2n) is 6.35. The molecule has 0 unspecified atom stereocenters. The molecule has 1 N–H and O–H groups in total. The molecule has 1 aliphatic carbocycles. The fourth-order valence-corrected chi connectivity index (χ4v) is 2.34. The molecule has 109 valence electrons. The summed E-state index contributed by atoms with van der Waals surface area (Å²) in [7, 11) is -0.456. The maximum Gasteiger partial charge on any atom is 0.473 e. The molecule has 3 rings (SSSR count). The monoisotopic (exact) mass is 286 g/mol. The van der Waals surface area contributed by atoms with Gasteiger partial charge >= 0.3 is 13.1 Å². The molecule has 21 heavy (non-hydrogen) atoms. The van der Waals surface area contributed by atoms with E-state index in [0.717, 1.165) is 11.4 Å². The SMILES string of the molecule is CC1(C)OB([C]2C=CC3=NC(C(=O)O)=CC3=C2)OC1(C)C. The zero-order chi connectivity index (χ0) is 15.4. The second kappa shape index (κ2) is 4.42. The van der Waals surface area contributed by atoms with Crippen molar-refractivity contribution >= 4 is 18.8 Å². The third-order valence-corrected chi connectivity index (χ3v) is 4.33. The van der Waals surface area contributed by atoms with E-state index < -0.39 is 24.3 Å². The van der Waals surface area contributed by atoms with Crippen LogP contribution in [0.5, 0.6) is 0 Å². The van der Waals surface area contributed by atoms with Gasteiger partial charge < -0.3 is 14.4 Å². The minimum Gasteiger partial charge on any atom is -0.477 e. The van der Waals surface area contributed by atoms with E-state index in [4.69, 9.17) is 14.4 Å². The molecule has 0 bridgehead atoms. The van der Waals surface area contributed by atoms with Crippen LogP contribution in [0, 0.1) is 5.82 Å². The summed E-state index contributed by atoms with van der Waals surface area (Å²) >= 11 is 0. The lowest BCUT2D eigenvalue weighted by molar-refractivity contribution is -0.132. The Bertz CT molecular complexity index is 612. The number of hydrogen-bond acceptors (Lipinski definition) is 4. The number of allylic oxidation sites excluding steroid dienone is 5. The van der Waals surface area contributed by atoms with Gasteiger partial charge in [-0.2, -0.15) is 0 Å². The van der Waals surface area contributed by atoms with Gasteiger partial charge in [0.1, 0.15) is 5.70 Å². The zero-order valence-electron chi connectivity index (χ0n) is 12.5. The smallest absolute Gasteiger partial charge is 0.473 e. The number of nitrogens with zero attached hydrogens (tertiary/aromatic N) is 1. The summed E-state index contributed by atoms with van der Waals surface area (Å²) in [6.45, 7) is 7.99. The first-order chi connectivity index (χ1) is 9.69. The highest BCUT2D eigenvalue weighted by molar-refractivity contribution is 6.55. The van der Waals surface area contributed by atoms with Crippen molar-refractivity contribution in [2.75, 3.05) is 0 Å². The van der Waals surface area contributed by atoms with Crippen molar-refractivity contribution in [3.8, 4) is 0 Å². The average molecular weight is 286 g/mol. The number of carboxylic acid groups (broad SMARTS) is 1. The second-order valence-corrected chi connectivity index (χ2v) is 6.35. The van der Waals surface area contributed by atoms with E-state index in [9.17, 15) is 4.79 Å². The van der Waals surface area contributed by atoms with E-state index in [1.807, 2.05) is 39.8 Å². The number of carboxylic acids is 1. The van der Waals surface area contributed by atoms with Crippen LogP contribution < -0.4 is 0 Å². The lowest BCUT2D eigenvalue weighted by Crippen LogP contribution is -2.41. The molecule has 0 saturated carbocycles. The first kappa shape index (κ1) is 14.3. The Labute approximate surface area is 124 Å². The largest absolute Gasteiger partial charge is 0.477 e. The molecule has 6 heteroatoms. The Kier molecular flexibility index (Phi) is 3.01. The molecule has 0 spiro atoms. The van der Waals surface area contributed by atoms with Gasteiger partial charge in [0.25, 0.3) is 0 Å². The van der Waals surface area contributed by atoms with Crippen molar-refractivity contribution in [2.24, 2.45) is 4.99 Å². The summed E-state index contributed by atoms with van der Waals surface area (Å²) in [5.74, 6) is -0.158. The molecule has 0 aromatic carbocycles. The zero-order valence-corrected chi connectivity index (χ0v) is 12.5. The molecule has 1 radical (unpaired) electrons. The highest BCUT2D eigenvalue weighted by Gasteiger charge is 2.53. The Hall–Kier alpha value is -1.66. The van der Waals surface area contributed by atoms with E-state index in [0.29, 0.717) is 5.71 Å². The molecular formula is C15H17BNO4. The number of hydrogen-bond donors (Lipinski definition) is 1. The summed E-state index contributed by atoms with van der Waals surface area (Å²) in [6.07, 6.45) is 7.09. The van der Waals surface area contributed by atoms with Crippen LogP contribution in [0.15, 0.2) is 40.6 Å². The molecule has 0 aromatic rings. The molecule has 2 aliphatic heterocycles. The normalized spacial score (nSPS) is 26.3. The van der Waals surface area contributed by atoms with Crippen LogP contribution in [0.25, 0.3) is 0 Å². The molecule has 0 aromatic heterocycles. The fourth-order valence-electron chi connectivity index (χ4n) is 2.34. The van der Waals surface area contributed by atoms with Crippen LogP contribution >= 0.6 is 0 Å². The molecule has 5 nitrogen and oxygen atoms in total. The van der Waals surface area contributed by atoms with Crippen molar-refractivity contribution in [3.05, 3.63) is 41.4 Å². The van der Waals surface area contributed by atoms with E-state index in [1.54, 1.807) is 12.2 Å². The van der Waals surface area contributed by atoms with Crippen molar-refractivity contribution in [2.45, 2.75) is 38.9 Å². The van der Waals surface area contributed by atoms with Gasteiger partial charge in [0.15, 0.2) is 0 Å². The molecule has 0 amide bonds. The standard InChI is InChI=1S/C15H17BNO4/c1-14(2)15(3,4)21-16(20-14)10-5-6-11-9(7-10)8-12(17-11)13(18)19/h5-8H,1-4H3,(H,18,19). The molecule has 1 fully saturated rings. The Balaban J connectivity index is 1.84. The first-order valence-electron chi connectivity index (χ1n) is 6.86. The molecule has 0 atom stereocenters. The van der Waals surface area contributed by atoms with Gasteiger partial charge in [-0.3, -0.25) is 0 Å². The lowest BCUT2D eigenvalue weighted by atomic mass is 9.69. The van der Waals surface area contributed by atoms with Crippen LogP contribution in [-0.4, -0.2) is 35.1 Å². The van der Waals surface area contributed by atoms with Crippen molar-refractivity contribution < 1.29 is 19.2 Å². The molecule has 3 aliphatic rings. The van der Waals surface area contributed by atoms with Crippen LogP contribution in [-0.2, 0) is 14.1 Å². The Morgan fingerprint density at radius 2 is 1.76 bits per heavy atom.